The number of anilines is 1. The summed E-state index contributed by atoms with van der Waals surface area (Å²) in [5.74, 6) is -1.09. The molecule has 1 heterocycles. The van der Waals surface area contributed by atoms with E-state index in [2.05, 4.69) is 10.3 Å². The molecule has 2 nitrogen and oxygen atoms in total. The van der Waals surface area contributed by atoms with Gasteiger partial charge in [0, 0.05) is 24.5 Å². The fourth-order valence-corrected chi connectivity index (χ4v) is 1.54. The van der Waals surface area contributed by atoms with Gasteiger partial charge >= 0.3 is 0 Å². The third kappa shape index (κ3) is 2.78. The van der Waals surface area contributed by atoms with Crippen molar-refractivity contribution in [3.05, 3.63) is 59.4 Å². The van der Waals surface area contributed by atoms with E-state index in [1.807, 2.05) is 13.0 Å². The molecule has 0 aliphatic heterocycles. The number of hydrogen-bond acceptors (Lipinski definition) is 2. The number of pyridine rings is 1. The molecule has 0 bridgehead atoms. The molecule has 0 aliphatic carbocycles. The van der Waals surface area contributed by atoms with Crippen molar-refractivity contribution in [2.24, 2.45) is 0 Å². The Labute approximate surface area is 98.3 Å². The van der Waals surface area contributed by atoms with Gasteiger partial charge in [0.25, 0.3) is 0 Å². The molecule has 1 N–H and O–H groups in total. The molecule has 4 heteroatoms. The maximum atomic E-state index is 13.3. The first kappa shape index (κ1) is 11.5. The fraction of sp³-hybridized carbons (Fsp3) is 0.154. The second kappa shape index (κ2) is 4.91. The van der Waals surface area contributed by atoms with Crippen molar-refractivity contribution < 1.29 is 8.78 Å². The highest BCUT2D eigenvalue weighted by Gasteiger charge is 2.07. The van der Waals surface area contributed by atoms with Crippen LogP contribution in [0.25, 0.3) is 0 Å². The molecule has 0 aliphatic rings. The van der Waals surface area contributed by atoms with Crippen LogP contribution in [-0.4, -0.2) is 4.98 Å². The first-order chi connectivity index (χ1) is 8.16. The number of aromatic nitrogens is 1. The average Bonchev–Trinajstić information content (AvgIpc) is 2.28. The van der Waals surface area contributed by atoms with Gasteiger partial charge in [0.1, 0.15) is 11.6 Å². The molecule has 0 radical (unpaired) electrons. The fourth-order valence-electron chi connectivity index (χ4n) is 1.54. The van der Waals surface area contributed by atoms with Crippen LogP contribution in [0.5, 0.6) is 0 Å². The molecule has 0 atom stereocenters. The van der Waals surface area contributed by atoms with Gasteiger partial charge in [0.15, 0.2) is 0 Å². The number of halogens is 2. The van der Waals surface area contributed by atoms with E-state index >= 15 is 0 Å². The first-order valence-electron chi connectivity index (χ1n) is 5.25. The van der Waals surface area contributed by atoms with Crippen LogP contribution in [-0.2, 0) is 6.54 Å². The Morgan fingerprint density at radius 2 is 1.88 bits per heavy atom. The Morgan fingerprint density at radius 1 is 1.18 bits per heavy atom. The van der Waals surface area contributed by atoms with Gasteiger partial charge in [0.05, 0.1) is 5.69 Å². The second-order valence-electron chi connectivity index (χ2n) is 3.80. The molecule has 88 valence electrons. The topological polar surface area (TPSA) is 24.9 Å². The van der Waals surface area contributed by atoms with Crippen molar-refractivity contribution in [1.82, 2.24) is 4.98 Å². The lowest BCUT2D eigenvalue weighted by Crippen LogP contribution is -2.04. The summed E-state index contributed by atoms with van der Waals surface area (Å²) in [5.41, 5.74) is 1.77. The van der Waals surface area contributed by atoms with Gasteiger partial charge < -0.3 is 5.32 Å². The molecule has 2 rings (SSSR count). The summed E-state index contributed by atoms with van der Waals surface area (Å²) in [6, 6.07) is 5.71. The normalized spacial score (nSPS) is 10.3. The maximum Gasteiger partial charge on any atom is 0.131 e. The predicted molar refractivity (Wildman–Crippen MR) is 62.7 cm³/mol. The van der Waals surface area contributed by atoms with E-state index in [1.54, 1.807) is 12.4 Å². The van der Waals surface area contributed by atoms with Crippen molar-refractivity contribution in [2.45, 2.75) is 13.5 Å². The van der Waals surface area contributed by atoms with E-state index in [-0.39, 0.29) is 12.1 Å². The molecule has 0 unspecified atom stereocenters. The van der Waals surface area contributed by atoms with Gasteiger partial charge in [-0.1, -0.05) is 6.07 Å². The van der Waals surface area contributed by atoms with E-state index in [1.165, 1.54) is 18.2 Å². The molecule has 0 amide bonds. The average molecular weight is 234 g/mol. The highest BCUT2D eigenvalue weighted by Crippen LogP contribution is 2.15. The second-order valence-corrected chi connectivity index (χ2v) is 3.80. The SMILES string of the molecule is Cc1cncc(NCc2c(F)cccc2F)c1. The van der Waals surface area contributed by atoms with E-state index in [0.29, 0.717) is 0 Å². The highest BCUT2D eigenvalue weighted by molar-refractivity contribution is 5.43. The summed E-state index contributed by atoms with van der Waals surface area (Å²) in [6.45, 7) is 2.01. The minimum atomic E-state index is -0.543. The monoisotopic (exact) mass is 234 g/mol. The Bertz CT molecular complexity index is 506. The Kier molecular flexibility index (Phi) is 3.32. The van der Waals surface area contributed by atoms with Crippen LogP contribution in [0, 0.1) is 18.6 Å². The predicted octanol–water partition coefficient (Wildman–Crippen LogP) is 3.28. The van der Waals surface area contributed by atoms with Crippen LogP contribution in [0.4, 0.5) is 14.5 Å². The maximum absolute atomic E-state index is 13.3. The van der Waals surface area contributed by atoms with Gasteiger partial charge in [-0.05, 0) is 30.7 Å². The molecule has 2 aromatic rings. The number of benzene rings is 1. The van der Waals surface area contributed by atoms with Crippen LogP contribution in [0.2, 0.25) is 0 Å². The summed E-state index contributed by atoms with van der Waals surface area (Å²) in [7, 11) is 0. The van der Waals surface area contributed by atoms with Crippen LogP contribution in [0.15, 0.2) is 36.7 Å². The van der Waals surface area contributed by atoms with Crippen molar-refractivity contribution in [3.8, 4) is 0 Å². The first-order valence-corrected chi connectivity index (χ1v) is 5.25. The lowest BCUT2D eigenvalue weighted by Gasteiger charge is -2.08. The molecule has 0 saturated heterocycles. The van der Waals surface area contributed by atoms with Crippen molar-refractivity contribution in [3.63, 3.8) is 0 Å². The summed E-state index contributed by atoms with van der Waals surface area (Å²) < 4.78 is 26.7. The standard InChI is InChI=1S/C13H12F2N2/c1-9-5-10(7-16-6-9)17-8-11-12(14)3-2-4-13(11)15/h2-7,17H,8H2,1H3. The summed E-state index contributed by atoms with van der Waals surface area (Å²) >= 11 is 0. The number of aryl methyl sites for hydroxylation is 1. The molecule has 17 heavy (non-hydrogen) atoms. The molecular weight excluding hydrogens is 222 g/mol. The van der Waals surface area contributed by atoms with Gasteiger partial charge in [-0.2, -0.15) is 0 Å². The van der Waals surface area contributed by atoms with Gasteiger partial charge in [-0.15, -0.1) is 0 Å². The number of nitrogens with one attached hydrogen (secondary N) is 1. The zero-order chi connectivity index (χ0) is 12.3. The number of nitrogens with zero attached hydrogens (tertiary/aromatic N) is 1. The van der Waals surface area contributed by atoms with Crippen molar-refractivity contribution in [1.29, 1.82) is 0 Å². The minimum absolute atomic E-state index is 0.0361. The van der Waals surface area contributed by atoms with Crippen molar-refractivity contribution >= 4 is 5.69 Å². The van der Waals surface area contributed by atoms with E-state index < -0.39 is 11.6 Å². The quantitative estimate of drug-likeness (QED) is 0.881. The molecular formula is C13H12F2N2. The van der Waals surface area contributed by atoms with Gasteiger partial charge in [-0.25, -0.2) is 8.78 Å². The molecule has 0 saturated carbocycles. The van der Waals surface area contributed by atoms with Crippen LogP contribution >= 0.6 is 0 Å². The van der Waals surface area contributed by atoms with Crippen LogP contribution < -0.4 is 5.32 Å². The third-order valence-corrected chi connectivity index (χ3v) is 2.41. The molecule has 0 spiro atoms. The Hall–Kier alpha value is -1.97. The zero-order valence-electron chi connectivity index (χ0n) is 9.37. The summed E-state index contributed by atoms with van der Waals surface area (Å²) in [6.07, 6.45) is 3.33. The van der Waals surface area contributed by atoms with Crippen molar-refractivity contribution in [2.75, 3.05) is 5.32 Å². The Morgan fingerprint density at radius 3 is 2.53 bits per heavy atom. The lowest BCUT2D eigenvalue weighted by atomic mass is 10.2. The summed E-state index contributed by atoms with van der Waals surface area (Å²) in [4.78, 5) is 3.99. The van der Waals surface area contributed by atoms with Crippen LogP contribution in [0.1, 0.15) is 11.1 Å². The smallest absolute Gasteiger partial charge is 0.131 e. The lowest BCUT2D eigenvalue weighted by molar-refractivity contribution is 0.560. The van der Waals surface area contributed by atoms with E-state index in [4.69, 9.17) is 0 Å². The largest absolute Gasteiger partial charge is 0.379 e. The minimum Gasteiger partial charge on any atom is -0.379 e. The van der Waals surface area contributed by atoms with Gasteiger partial charge in [-0.3, -0.25) is 4.98 Å². The molecule has 1 aromatic carbocycles. The van der Waals surface area contributed by atoms with E-state index in [9.17, 15) is 8.78 Å². The third-order valence-electron chi connectivity index (χ3n) is 2.41. The van der Waals surface area contributed by atoms with Gasteiger partial charge in [0.2, 0.25) is 0 Å². The molecule has 0 fully saturated rings. The van der Waals surface area contributed by atoms with Crippen LogP contribution in [0.3, 0.4) is 0 Å². The number of rotatable bonds is 3. The number of hydrogen-bond donors (Lipinski definition) is 1. The highest BCUT2D eigenvalue weighted by atomic mass is 19.1. The zero-order valence-corrected chi connectivity index (χ0v) is 9.37. The molecule has 1 aromatic heterocycles. The Balaban J connectivity index is 2.13. The van der Waals surface area contributed by atoms with E-state index in [0.717, 1.165) is 11.3 Å². The summed E-state index contributed by atoms with van der Waals surface area (Å²) in [5, 5.41) is 2.94.